The van der Waals surface area contributed by atoms with Crippen LogP contribution in [0, 0.1) is 10.1 Å². The molecule has 0 spiro atoms. The van der Waals surface area contributed by atoms with Gasteiger partial charge in [0.25, 0.3) is 12.1 Å². The van der Waals surface area contributed by atoms with Gasteiger partial charge < -0.3 is 19.5 Å². The summed E-state index contributed by atoms with van der Waals surface area (Å²) in [6.07, 6.45) is -0.709. The van der Waals surface area contributed by atoms with Crippen molar-refractivity contribution in [2.45, 2.75) is 63.7 Å². The topological polar surface area (TPSA) is 164 Å². The maximum Gasteiger partial charge on any atom is 0.369 e. The minimum atomic E-state index is -3.47. The predicted molar refractivity (Wildman–Crippen MR) is 185 cm³/mol. The van der Waals surface area contributed by atoms with Crippen LogP contribution in [0.3, 0.4) is 0 Å². The first-order chi connectivity index (χ1) is 23.2. The van der Waals surface area contributed by atoms with E-state index in [4.69, 9.17) is 25.8 Å². The number of aryl methyl sites for hydroxylation is 1. The van der Waals surface area contributed by atoms with Crippen LogP contribution in [0.5, 0.6) is 11.5 Å². The number of amides is 1. The Hall–Kier alpha value is -4.53. The van der Waals surface area contributed by atoms with Gasteiger partial charge in [-0.2, -0.15) is 0 Å². The number of rotatable bonds is 15. The summed E-state index contributed by atoms with van der Waals surface area (Å²) in [6.45, 7) is 7.64. The van der Waals surface area contributed by atoms with E-state index in [-0.39, 0.29) is 52.0 Å². The molecule has 0 aliphatic heterocycles. The summed E-state index contributed by atoms with van der Waals surface area (Å²) in [6, 6.07) is 16.2. The van der Waals surface area contributed by atoms with Gasteiger partial charge in [-0.3, -0.25) is 14.9 Å². The monoisotopic (exact) mass is 729 g/mol. The second-order valence-electron chi connectivity index (χ2n) is 11.8. The molecule has 1 unspecified atom stereocenters. The molecule has 12 nitrogen and oxygen atoms in total. The van der Waals surface area contributed by atoms with Gasteiger partial charge in [-0.25, -0.2) is 18.2 Å². The molecular weight excluding hydrogens is 694 g/mol. The SMILES string of the molecule is CCOC(=O)C(NC(=O)c1ccc([N+](=O)[O-])c(OCc2nc(C(C)(C)C)cs2)c1)Oc1ccc(CCCS(=O)(=O)c2ccc(Cl)cc2)cc1. The van der Waals surface area contributed by atoms with E-state index >= 15 is 0 Å². The molecule has 1 heterocycles. The van der Waals surface area contributed by atoms with Gasteiger partial charge in [-0.1, -0.05) is 44.5 Å². The van der Waals surface area contributed by atoms with Crippen molar-refractivity contribution >= 4 is 50.3 Å². The van der Waals surface area contributed by atoms with Gasteiger partial charge in [-0.15, -0.1) is 11.3 Å². The van der Waals surface area contributed by atoms with E-state index in [9.17, 15) is 28.1 Å². The van der Waals surface area contributed by atoms with Gasteiger partial charge in [0.1, 0.15) is 17.4 Å². The molecule has 4 rings (SSSR count). The first kappa shape index (κ1) is 37.3. The van der Waals surface area contributed by atoms with E-state index in [0.29, 0.717) is 22.9 Å². The van der Waals surface area contributed by atoms with Crippen LogP contribution in [0.25, 0.3) is 0 Å². The van der Waals surface area contributed by atoms with Crippen LogP contribution >= 0.6 is 22.9 Å². The minimum absolute atomic E-state index is 0.0167. The fourth-order valence-corrected chi connectivity index (χ4v) is 6.81. The quantitative estimate of drug-likeness (QED) is 0.0604. The van der Waals surface area contributed by atoms with Crippen molar-refractivity contribution in [2.75, 3.05) is 12.4 Å². The molecule has 0 saturated heterocycles. The number of hydrogen-bond donors (Lipinski definition) is 1. The highest BCUT2D eigenvalue weighted by atomic mass is 35.5. The lowest BCUT2D eigenvalue weighted by Gasteiger charge is -2.19. The number of nitro benzene ring substituents is 1. The predicted octanol–water partition coefficient (Wildman–Crippen LogP) is 6.69. The summed E-state index contributed by atoms with van der Waals surface area (Å²) in [7, 11) is -3.47. The number of carbonyl (C=O) groups excluding carboxylic acids is 2. The average molecular weight is 730 g/mol. The molecule has 0 aliphatic rings. The number of carbonyl (C=O) groups is 2. The van der Waals surface area contributed by atoms with Crippen LogP contribution in [0.2, 0.25) is 5.02 Å². The number of nitro groups is 1. The van der Waals surface area contributed by atoms with Crippen molar-refractivity contribution in [2.24, 2.45) is 0 Å². The standard InChI is InChI=1S/C34H36ClN3O9S2/c1-5-45-33(40)32(47-25-13-8-22(9-14-25)7-6-18-49(43,44)26-15-11-24(35)12-16-26)37-31(39)23-10-17-27(38(41)42)28(19-23)46-20-30-36-29(21-48-30)34(2,3)4/h8-17,19,21,32H,5-7,18,20H2,1-4H3,(H,37,39). The molecule has 3 aromatic carbocycles. The van der Waals surface area contributed by atoms with Gasteiger partial charge in [0.05, 0.1) is 27.9 Å². The van der Waals surface area contributed by atoms with Crippen molar-refractivity contribution in [3.63, 3.8) is 0 Å². The van der Waals surface area contributed by atoms with Crippen molar-refractivity contribution in [1.82, 2.24) is 10.3 Å². The van der Waals surface area contributed by atoms with Crippen molar-refractivity contribution in [3.8, 4) is 11.5 Å². The number of sulfone groups is 1. The Kier molecular flexibility index (Phi) is 12.4. The Bertz CT molecular complexity index is 1890. The lowest BCUT2D eigenvalue weighted by atomic mass is 9.93. The second kappa shape index (κ2) is 16.2. The fourth-order valence-electron chi connectivity index (χ4n) is 4.44. The van der Waals surface area contributed by atoms with Gasteiger partial charge in [0, 0.05) is 33.5 Å². The first-order valence-corrected chi connectivity index (χ1v) is 18.1. The van der Waals surface area contributed by atoms with E-state index in [1.807, 2.05) is 26.2 Å². The third-order valence-corrected chi connectivity index (χ3v) is 9.97. The summed E-state index contributed by atoms with van der Waals surface area (Å²) >= 11 is 7.22. The van der Waals surface area contributed by atoms with Gasteiger partial charge in [0.2, 0.25) is 0 Å². The lowest BCUT2D eigenvalue weighted by molar-refractivity contribution is -0.385. The molecular formula is C34H36ClN3O9S2. The number of hydrogen-bond acceptors (Lipinski definition) is 11. The smallest absolute Gasteiger partial charge is 0.369 e. The number of esters is 1. The molecule has 1 N–H and O–H groups in total. The second-order valence-corrected chi connectivity index (χ2v) is 15.3. The number of aromatic nitrogens is 1. The Balaban J connectivity index is 1.41. The third-order valence-electron chi connectivity index (χ3n) is 7.08. The van der Waals surface area contributed by atoms with E-state index < -0.39 is 32.9 Å². The minimum Gasteiger partial charge on any atom is -0.479 e. The molecule has 1 atom stereocenters. The van der Waals surface area contributed by atoms with E-state index in [1.54, 1.807) is 31.2 Å². The van der Waals surface area contributed by atoms with Crippen LogP contribution in [-0.4, -0.2) is 48.8 Å². The van der Waals surface area contributed by atoms with E-state index in [0.717, 1.165) is 17.3 Å². The number of ether oxygens (including phenoxy) is 3. The maximum atomic E-state index is 13.3. The Morgan fingerprint density at radius 1 is 1.06 bits per heavy atom. The molecule has 0 bridgehead atoms. The number of nitrogens with zero attached hydrogens (tertiary/aromatic N) is 2. The maximum absolute atomic E-state index is 13.3. The molecule has 0 radical (unpaired) electrons. The fraction of sp³-hybridized carbons (Fsp3) is 0.324. The lowest BCUT2D eigenvalue weighted by Crippen LogP contribution is -2.46. The summed E-state index contributed by atoms with van der Waals surface area (Å²) in [5.74, 6) is -1.58. The number of benzene rings is 3. The molecule has 1 aromatic heterocycles. The first-order valence-electron chi connectivity index (χ1n) is 15.2. The third kappa shape index (κ3) is 10.5. The molecule has 49 heavy (non-hydrogen) atoms. The Morgan fingerprint density at radius 3 is 2.37 bits per heavy atom. The zero-order chi connectivity index (χ0) is 35.8. The normalized spacial score (nSPS) is 12.2. The van der Waals surface area contributed by atoms with Crippen LogP contribution in [0.4, 0.5) is 5.69 Å². The zero-order valence-electron chi connectivity index (χ0n) is 27.3. The highest BCUT2D eigenvalue weighted by Gasteiger charge is 2.27. The Labute approximate surface area is 293 Å². The Morgan fingerprint density at radius 2 is 1.76 bits per heavy atom. The molecule has 15 heteroatoms. The molecule has 260 valence electrons. The van der Waals surface area contributed by atoms with Gasteiger partial charge in [-0.05, 0) is 67.8 Å². The van der Waals surface area contributed by atoms with Gasteiger partial charge in [0.15, 0.2) is 15.6 Å². The largest absolute Gasteiger partial charge is 0.479 e. The highest BCUT2D eigenvalue weighted by molar-refractivity contribution is 7.91. The number of halogens is 1. The van der Waals surface area contributed by atoms with Crippen molar-refractivity contribution in [1.29, 1.82) is 0 Å². The molecule has 0 fully saturated rings. The van der Waals surface area contributed by atoms with Crippen molar-refractivity contribution in [3.05, 3.63) is 109 Å². The summed E-state index contributed by atoms with van der Waals surface area (Å²) < 4.78 is 41.8. The highest BCUT2D eigenvalue weighted by Crippen LogP contribution is 2.30. The van der Waals surface area contributed by atoms with Crippen LogP contribution < -0.4 is 14.8 Å². The summed E-state index contributed by atoms with van der Waals surface area (Å²) in [5.41, 5.74) is 1.16. The van der Waals surface area contributed by atoms with E-state index in [2.05, 4.69) is 10.3 Å². The van der Waals surface area contributed by atoms with Crippen LogP contribution in [0.1, 0.15) is 60.7 Å². The molecule has 0 aliphatic carbocycles. The molecule has 0 saturated carbocycles. The zero-order valence-corrected chi connectivity index (χ0v) is 29.7. The van der Waals surface area contributed by atoms with Crippen LogP contribution in [-0.2, 0) is 37.8 Å². The number of nitrogens with one attached hydrogen (secondary N) is 1. The molecule has 1 amide bonds. The van der Waals surface area contributed by atoms with Gasteiger partial charge >= 0.3 is 11.7 Å². The average Bonchev–Trinajstić information content (AvgIpc) is 3.54. The molecule has 4 aromatic rings. The van der Waals surface area contributed by atoms with Crippen molar-refractivity contribution < 1.29 is 37.1 Å². The summed E-state index contributed by atoms with van der Waals surface area (Å²) in [4.78, 5) is 41.8. The summed E-state index contributed by atoms with van der Waals surface area (Å²) in [5, 5.41) is 17.1. The van der Waals surface area contributed by atoms with E-state index in [1.165, 1.54) is 47.7 Å². The van der Waals surface area contributed by atoms with Crippen LogP contribution in [0.15, 0.2) is 77.0 Å². The number of thiazole rings is 1.